The molecule has 0 radical (unpaired) electrons. The number of hydrogen-bond donors (Lipinski definition) is 2. The largest absolute Gasteiger partial charge is 0.378 e. The average Bonchev–Trinajstić information content (AvgIpc) is 3.11. The van der Waals surface area contributed by atoms with Crippen LogP contribution in [-0.4, -0.2) is 29.4 Å². The lowest BCUT2D eigenvalue weighted by atomic mass is 10.1. The first-order valence-corrected chi connectivity index (χ1v) is 9.82. The molecule has 0 saturated heterocycles. The lowest BCUT2D eigenvalue weighted by Gasteiger charge is -2.17. The molecule has 0 bridgehead atoms. The molecule has 0 aromatic heterocycles. The minimum atomic E-state index is -0.549. The number of thioether (sulfide) groups is 1. The summed E-state index contributed by atoms with van der Waals surface area (Å²) in [7, 11) is 0. The number of nitrogens with one attached hydrogen (secondary N) is 1. The van der Waals surface area contributed by atoms with Crippen LogP contribution in [0.1, 0.15) is 5.56 Å². The molecule has 2 heterocycles. The number of fused-ring (bicyclic) bond motifs is 1. The van der Waals surface area contributed by atoms with Gasteiger partial charge in [0, 0.05) is 15.7 Å². The summed E-state index contributed by atoms with van der Waals surface area (Å²) < 4.78 is 0.747. The van der Waals surface area contributed by atoms with Crippen molar-refractivity contribution in [2.45, 2.75) is 0 Å². The standard InChI is InChI=1S/C19H13BrN4O3S/c20-10-6-7-13-12(8-10)15(16-17(26)23-19(21)28-16)18(27)24(13)9-14(25)22-11-4-2-1-3-5-11/h1-8H,9H2,(H,22,25)(H2,21,23,26)/b16-15+. The number of anilines is 2. The molecule has 2 aliphatic heterocycles. The van der Waals surface area contributed by atoms with Gasteiger partial charge in [-0.3, -0.25) is 19.3 Å². The highest BCUT2D eigenvalue weighted by molar-refractivity contribution is 9.10. The molecule has 0 aliphatic carbocycles. The van der Waals surface area contributed by atoms with E-state index in [1.165, 1.54) is 4.90 Å². The summed E-state index contributed by atoms with van der Waals surface area (Å²) in [6.45, 7) is -0.186. The van der Waals surface area contributed by atoms with Gasteiger partial charge in [-0.15, -0.1) is 0 Å². The van der Waals surface area contributed by atoms with E-state index in [4.69, 9.17) is 5.73 Å². The number of carbonyl (C=O) groups is 3. The van der Waals surface area contributed by atoms with Gasteiger partial charge in [0.25, 0.3) is 11.8 Å². The second-order valence-electron chi connectivity index (χ2n) is 6.03. The van der Waals surface area contributed by atoms with Gasteiger partial charge in [-0.25, -0.2) is 0 Å². The number of benzene rings is 2. The van der Waals surface area contributed by atoms with E-state index in [0.29, 0.717) is 16.9 Å². The second kappa shape index (κ2) is 7.25. The summed E-state index contributed by atoms with van der Waals surface area (Å²) in [5, 5.41) is 2.85. The van der Waals surface area contributed by atoms with Crippen LogP contribution in [0.5, 0.6) is 0 Å². The highest BCUT2D eigenvalue weighted by Gasteiger charge is 2.39. The molecule has 9 heteroatoms. The molecule has 0 atom stereocenters. The monoisotopic (exact) mass is 456 g/mol. The number of halogens is 1. The van der Waals surface area contributed by atoms with Crippen LogP contribution in [0.25, 0.3) is 5.57 Å². The lowest BCUT2D eigenvalue weighted by molar-refractivity contribution is -0.118. The summed E-state index contributed by atoms with van der Waals surface area (Å²) in [5.41, 5.74) is 7.60. The van der Waals surface area contributed by atoms with Gasteiger partial charge in [0.05, 0.1) is 16.2 Å². The number of para-hydroxylation sites is 1. The molecule has 28 heavy (non-hydrogen) atoms. The van der Waals surface area contributed by atoms with Crippen molar-refractivity contribution in [3.8, 4) is 0 Å². The Morgan fingerprint density at radius 3 is 2.61 bits per heavy atom. The molecular formula is C19H13BrN4O3S. The maximum absolute atomic E-state index is 13.1. The number of aliphatic imine (C=N–C) groups is 1. The van der Waals surface area contributed by atoms with E-state index in [9.17, 15) is 14.4 Å². The Kier molecular flexibility index (Phi) is 4.78. The Balaban J connectivity index is 1.68. The minimum absolute atomic E-state index is 0.0946. The van der Waals surface area contributed by atoms with Crippen LogP contribution in [0.4, 0.5) is 11.4 Å². The molecule has 2 aromatic rings. The normalized spacial score (nSPS) is 18.3. The third-order valence-corrected chi connectivity index (χ3v) is 5.55. The predicted molar refractivity (Wildman–Crippen MR) is 113 cm³/mol. The fraction of sp³-hybridized carbons (Fsp3) is 0.0526. The summed E-state index contributed by atoms with van der Waals surface area (Å²) in [5.74, 6) is -1.33. The Bertz CT molecular complexity index is 1080. The van der Waals surface area contributed by atoms with Crippen LogP contribution in [-0.2, 0) is 14.4 Å². The fourth-order valence-electron chi connectivity index (χ4n) is 3.03. The maximum Gasteiger partial charge on any atom is 0.287 e. The topological polar surface area (TPSA) is 105 Å². The molecule has 2 aliphatic rings. The number of nitrogens with two attached hydrogens (primary N) is 1. The Labute approximate surface area is 172 Å². The first-order valence-electron chi connectivity index (χ1n) is 8.21. The SMILES string of the molecule is NC1=NC(=O)/C(=C2\C(=O)N(CC(=O)Nc3ccccc3)c3ccc(Br)cc32)S1. The van der Waals surface area contributed by atoms with Crippen LogP contribution in [0.2, 0.25) is 0 Å². The van der Waals surface area contributed by atoms with Crippen molar-refractivity contribution < 1.29 is 14.4 Å². The average molecular weight is 457 g/mol. The van der Waals surface area contributed by atoms with Crippen LogP contribution < -0.4 is 16.0 Å². The Morgan fingerprint density at radius 1 is 1.18 bits per heavy atom. The van der Waals surface area contributed by atoms with E-state index in [1.54, 1.807) is 42.5 Å². The molecule has 0 fully saturated rings. The number of amides is 3. The zero-order chi connectivity index (χ0) is 19.8. The van der Waals surface area contributed by atoms with Gasteiger partial charge in [0.2, 0.25) is 5.91 Å². The van der Waals surface area contributed by atoms with Gasteiger partial charge < -0.3 is 11.1 Å². The third-order valence-electron chi connectivity index (χ3n) is 4.18. The number of carbonyl (C=O) groups excluding carboxylic acids is 3. The highest BCUT2D eigenvalue weighted by atomic mass is 79.9. The molecule has 3 N–H and O–H groups in total. The molecule has 0 unspecified atom stereocenters. The summed E-state index contributed by atoms with van der Waals surface area (Å²) in [6.07, 6.45) is 0. The summed E-state index contributed by atoms with van der Waals surface area (Å²) in [4.78, 5) is 43.0. The van der Waals surface area contributed by atoms with Gasteiger partial charge >= 0.3 is 0 Å². The Hall–Kier alpha value is -2.91. The van der Waals surface area contributed by atoms with Gasteiger partial charge in [0.1, 0.15) is 6.54 Å². The number of rotatable bonds is 3. The van der Waals surface area contributed by atoms with E-state index in [0.717, 1.165) is 16.2 Å². The van der Waals surface area contributed by atoms with Crippen molar-refractivity contribution in [1.82, 2.24) is 0 Å². The number of hydrogen-bond acceptors (Lipinski definition) is 5. The molecule has 4 rings (SSSR count). The molecule has 0 saturated carbocycles. The smallest absolute Gasteiger partial charge is 0.287 e. The van der Waals surface area contributed by atoms with Crippen molar-refractivity contribution in [2.75, 3.05) is 16.8 Å². The minimum Gasteiger partial charge on any atom is -0.378 e. The van der Waals surface area contributed by atoms with Gasteiger partial charge in [-0.2, -0.15) is 4.99 Å². The second-order valence-corrected chi connectivity index (χ2v) is 7.97. The van der Waals surface area contributed by atoms with Crippen molar-refractivity contribution in [2.24, 2.45) is 10.7 Å². The highest BCUT2D eigenvalue weighted by Crippen LogP contribution is 2.43. The van der Waals surface area contributed by atoms with E-state index >= 15 is 0 Å². The van der Waals surface area contributed by atoms with Crippen molar-refractivity contribution >= 4 is 67.5 Å². The maximum atomic E-state index is 13.1. The van der Waals surface area contributed by atoms with Crippen LogP contribution >= 0.6 is 27.7 Å². The molecule has 0 spiro atoms. The van der Waals surface area contributed by atoms with Gasteiger partial charge in [-0.1, -0.05) is 34.1 Å². The molecule has 2 aromatic carbocycles. The van der Waals surface area contributed by atoms with Crippen molar-refractivity contribution in [1.29, 1.82) is 0 Å². The van der Waals surface area contributed by atoms with Crippen LogP contribution in [0.15, 0.2) is 62.9 Å². The third kappa shape index (κ3) is 3.34. The Morgan fingerprint density at radius 2 is 1.93 bits per heavy atom. The number of amidine groups is 1. The van der Waals surface area contributed by atoms with E-state index in [2.05, 4.69) is 26.2 Å². The van der Waals surface area contributed by atoms with Crippen molar-refractivity contribution in [3.63, 3.8) is 0 Å². The molecule has 7 nitrogen and oxygen atoms in total. The zero-order valence-electron chi connectivity index (χ0n) is 14.3. The van der Waals surface area contributed by atoms with Gasteiger partial charge in [0.15, 0.2) is 5.17 Å². The van der Waals surface area contributed by atoms with E-state index in [1.807, 2.05) is 6.07 Å². The quantitative estimate of drug-likeness (QED) is 0.690. The van der Waals surface area contributed by atoms with E-state index in [-0.39, 0.29) is 28.1 Å². The molecule has 140 valence electrons. The zero-order valence-corrected chi connectivity index (χ0v) is 16.7. The predicted octanol–water partition coefficient (Wildman–Crippen LogP) is 2.73. The van der Waals surface area contributed by atoms with Crippen LogP contribution in [0.3, 0.4) is 0 Å². The first kappa shape index (κ1) is 18.5. The van der Waals surface area contributed by atoms with E-state index < -0.39 is 11.8 Å². The van der Waals surface area contributed by atoms with Crippen LogP contribution in [0, 0.1) is 0 Å². The molecule has 3 amide bonds. The fourth-order valence-corrected chi connectivity index (χ4v) is 4.16. The lowest BCUT2D eigenvalue weighted by Crippen LogP contribution is -2.35. The molecular weight excluding hydrogens is 444 g/mol. The summed E-state index contributed by atoms with van der Waals surface area (Å²) in [6, 6.07) is 14.2. The first-order chi connectivity index (χ1) is 13.4. The number of nitrogens with zero attached hydrogens (tertiary/aromatic N) is 2. The van der Waals surface area contributed by atoms with Gasteiger partial charge in [-0.05, 0) is 42.1 Å². The summed E-state index contributed by atoms with van der Waals surface area (Å²) >= 11 is 4.35. The van der Waals surface area contributed by atoms with Crippen molar-refractivity contribution in [3.05, 3.63) is 63.5 Å².